The maximum atomic E-state index is 4.18. The second kappa shape index (κ2) is 2.78. The standard InChI is InChI=1S/C5H9NS2/c1-4-6-3-7-5(2)8-4/h3-5H,1-2H3. The number of nitrogens with zero attached hydrogens (tertiary/aromatic N) is 1. The fraction of sp³-hybridized carbons (Fsp3) is 0.800. The minimum absolute atomic E-state index is 0.478. The topological polar surface area (TPSA) is 12.4 Å². The van der Waals surface area contributed by atoms with Crippen LogP contribution in [0, 0.1) is 0 Å². The molecule has 0 aliphatic carbocycles. The first-order valence-electron chi connectivity index (χ1n) is 2.61. The Morgan fingerprint density at radius 2 is 2.25 bits per heavy atom. The first kappa shape index (κ1) is 6.49. The quantitative estimate of drug-likeness (QED) is 0.520. The Kier molecular flexibility index (Phi) is 2.26. The van der Waals surface area contributed by atoms with Gasteiger partial charge in [0, 0.05) is 0 Å². The molecule has 0 radical (unpaired) electrons. The lowest BCUT2D eigenvalue weighted by molar-refractivity contribution is 1.05. The summed E-state index contributed by atoms with van der Waals surface area (Å²) in [6, 6.07) is 0. The summed E-state index contributed by atoms with van der Waals surface area (Å²) < 4.78 is 0.697. The van der Waals surface area contributed by atoms with Crippen LogP contribution in [-0.2, 0) is 0 Å². The highest BCUT2D eigenvalue weighted by molar-refractivity contribution is 8.24. The van der Waals surface area contributed by atoms with Gasteiger partial charge in [0.05, 0.1) is 15.5 Å². The van der Waals surface area contributed by atoms with E-state index in [-0.39, 0.29) is 0 Å². The predicted octanol–water partition coefficient (Wildman–Crippen LogP) is 2.19. The van der Waals surface area contributed by atoms with Crippen molar-refractivity contribution < 1.29 is 0 Å². The molecular formula is C5H9NS2. The monoisotopic (exact) mass is 147 g/mol. The van der Waals surface area contributed by atoms with Crippen molar-refractivity contribution in [3.8, 4) is 0 Å². The average molecular weight is 147 g/mol. The summed E-state index contributed by atoms with van der Waals surface area (Å²) in [5.74, 6) is 0. The van der Waals surface area contributed by atoms with Crippen molar-refractivity contribution in [2.45, 2.75) is 23.8 Å². The summed E-state index contributed by atoms with van der Waals surface area (Å²) in [6.45, 7) is 4.33. The van der Waals surface area contributed by atoms with Gasteiger partial charge in [-0.15, -0.1) is 23.5 Å². The van der Waals surface area contributed by atoms with E-state index in [4.69, 9.17) is 0 Å². The van der Waals surface area contributed by atoms with Crippen LogP contribution >= 0.6 is 23.5 Å². The van der Waals surface area contributed by atoms with Crippen molar-refractivity contribution in [1.29, 1.82) is 0 Å². The van der Waals surface area contributed by atoms with Gasteiger partial charge in [0.1, 0.15) is 0 Å². The smallest absolute Gasteiger partial charge is 0.0940 e. The molecule has 0 saturated carbocycles. The van der Waals surface area contributed by atoms with Crippen LogP contribution in [0.1, 0.15) is 13.8 Å². The molecule has 2 unspecified atom stereocenters. The second-order valence-electron chi connectivity index (χ2n) is 1.69. The van der Waals surface area contributed by atoms with Crippen LogP contribution < -0.4 is 0 Å². The maximum Gasteiger partial charge on any atom is 0.0940 e. The van der Waals surface area contributed by atoms with E-state index >= 15 is 0 Å². The maximum absolute atomic E-state index is 4.18. The Bertz CT molecular complexity index is 103. The van der Waals surface area contributed by atoms with E-state index in [9.17, 15) is 0 Å². The summed E-state index contributed by atoms with van der Waals surface area (Å²) in [5, 5.41) is 0.478. The van der Waals surface area contributed by atoms with Gasteiger partial charge in [-0.2, -0.15) is 0 Å². The van der Waals surface area contributed by atoms with Gasteiger partial charge in [-0.3, -0.25) is 4.99 Å². The van der Waals surface area contributed by atoms with Crippen molar-refractivity contribution in [2.24, 2.45) is 4.99 Å². The largest absolute Gasteiger partial charge is 0.272 e. The third-order valence-corrected chi connectivity index (χ3v) is 3.10. The molecule has 1 aliphatic rings. The molecule has 46 valence electrons. The third-order valence-electron chi connectivity index (χ3n) is 0.912. The van der Waals surface area contributed by atoms with E-state index in [2.05, 4.69) is 18.8 Å². The van der Waals surface area contributed by atoms with Crippen LogP contribution in [0.25, 0.3) is 0 Å². The number of hydrogen-bond acceptors (Lipinski definition) is 3. The molecule has 0 aromatic heterocycles. The molecule has 2 atom stereocenters. The van der Waals surface area contributed by atoms with Gasteiger partial charge in [0.15, 0.2) is 0 Å². The first-order chi connectivity index (χ1) is 3.79. The third kappa shape index (κ3) is 1.71. The highest BCUT2D eigenvalue weighted by Crippen LogP contribution is 2.30. The van der Waals surface area contributed by atoms with Gasteiger partial charge in [-0.05, 0) is 13.8 Å². The molecule has 1 rings (SSSR count). The van der Waals surface area contributed by atoms with Crippen LogP contribution in [0.2, 0.25) is 0 Å². The lowest BCUT2D eigenvalue weighted by Crippen LogP contribution is -2.03. The molecule has 0 spiro atoms. The SMILES string of the molecule is CC1N=CSC(C)S1. The number of hydrogen-bond donors (Lipinski definition) is 0. The molecule has 0 fully saturated rings. The predicted molar refractivity (Wildman–Crippen MR) is 42.6 cm³/mol. The number of aliphatic imine (C=N–C) groups is 1. The Hall–Kier alpha value is 0.370. The molecule has 3 heteroatoms. The van der Waals surface area contributed by atoms with Gasteiger partial charge in [0.25, 0.3) is 0 Å². The van der Waals surface area contributed by atoms with Crippen molar-refractivity contribution >= 4 is 29.1 Å². The van der Waals surface area contributed by atoms with Gasteiger partial charge in [-0.1, -0.05) is 0 Å². The van der Waals surface area contributed by atoms with E-state index in [1.54, 1.807) is 11.8 Å². The fourth-order valence-corrected chi connectivity index (χ4v) is 2.63. The molecule has 1 heterocycles. The lowest BCUT2D eigenvalue weighted by Gasteiger charge is -2.15. The molecule has 0 saturated heterocycles. The van der Waals surface area contributed by atoms with Crippen LogP contribution in [0.5, 0.6) is 0 Å². The molecule has 0 bridgehead atoms. The lowest BCUT2D eigenvalue weighted by atomic mass is 10.8. The molecule has 1 nitrogen and oxygen atoms in total. The number of thioether (sulfide) groups is 2. The summed E-state index contributed by atoms with van der Waals surface area (Å²) in [4.78, 5) is 4.18. The Labute approximate surface area is 58.3 Å². The van der Waals surface area contributed by atoms with E-state index < -0.39 is 0 Å². The fourth-order valence-electron chi connectivity index (χ4n) is 0.551. The van der Waals surface area contributed by atoms with Crippen molar-refractivity contribution in [2.75, 3.05) is 0 Å². The minimum atomic E-state index is 0.478. The normalized spacial score (nSPS) is 37.8. The van der Waals surface area contributed by atoms with Crippen molar-refractivity contribution in [3.05, 3.63) is 0 Å². The van der Waals surface area contributed by atoms with Crippen molar-refractivity contribution in [3.63, 3.8) is 0 Å². The van der Waals surface area contributed by atoms with Gasteiger partial charge in [0.2, 0.25) is 0 Å². The van der Waals surface area contributed by atoms with Gasteiger partial charge in [-0.25, -0.2) is 0 Å². The van der Waals surface area contributed by atoms with Crippen molar-refractivity contribution in [1.82, 2.24) is 0 Å². The van der Waals surface area contributed by atoms with E-state index in [1.165, 1.54) is 0 Å². The summed E-state index contributed by atoms with van der Waals surface area (Å²) in [7, 11) is 0. The highest BCUT2D eigenvalue weighted by atomic mass is 32.2. The molecule has 1 aliphatic heterocycles. The van der Waals surface area contributed by atoms with Crippen LogP contribution in [0.3, 0.4) is 0 Å². The van der Waals surface area contributed by atoms with Crippen LogP contribution in [0.4, 0.5) is 0 Å². The zero-order valence-electron chi connectivity index (χ0n) is 5.00. The van der Waals surface area contributed by atoms with E-state index in [1.807, 2.05) is 17.3 Å². The summed E-state index contributed by atoms with van der Waals surface area (Å²) in [5.41, 5.74) is 1.95. The van der Waals surface area contributed by atoms with E-state index in [0.29, 0.717) is 9.96 Å². The first-order valence-corrected chi connectivity index (χ1v) is 4.50. The zero-order chi connectivity index (χ0) is 5.98. The summed E-state index contributed by atoms with van der Waals surface area (Å²) in [6.07, 6.45) is 0. The molecule has 0 N–H and O–H groups in total. The Morgan fingerprint density at radius 3 is 2.62 bits per heavy atom. The van der Waals surface area contributed by atoms with Gasteiger partial charge >= 0.3 is 0 Å². The highest BCUT2D eigenvalue weighted by Gasteiger charge is 2.10. The molecule has 0 aromatic rings. The van der Waals surface area contributed by atoms with Gasteiger partial charge < -0.3 is 0 Å². The zero-order valence-corrected chi connectivity index (χ0v) is 6.63. The minimum Gasteiger partial charge on any atom is -0.272 e. The van der Waals surface area contributed by atoms with Crippen LogP contribution in [0.15, 0.2) is 4.99 Å². The second-order valence-corrected chi connectivity index (χ2v) is 4.84. The average Bonchev–Trinajstić information content (AvgIpc) is 1.64. The van der Waals surface area contributed by atoms with E-state index in [0.717, 1.165) is 0 Å². The molecule has 0 amide bonds. The molecule has 8 heavy (non-hydrogen) atoms. The van der Waals surface area contributed by atoms with Crippen LogP contribution in [-0.4, -0.2) is 15.5 Å². The Balaban J connectivity index is 2.42. The molecular weight excluding hydrogens is 138 g/mol. The summed E-state index contributed by atoms with van der Waals surface area (Å²) >= 11 is 3.70. The Morgan fingerprint density at radius 1 is 1.50 bits per heavy atom. The number of rotatable bonds is 0. The molecule has 0 aromatic carbocycles.